The molecule has 1 fully saturated rings. The molecule has 1 saturated carbocycles. The highest BCUT2D eigenvalue weighted by Crippen LogP contribution is 2.26. The van der Waals surface area contributed by atoms with E-state index in [0.29, 0.717) is 17.1 Å². The van der Waals surface area contributed by atoms with Gasteiger partial charge in [0, 0.05) is 6.04 Å². The van der Waals surface area contributed by atoms with E-state index >= 15 is 0 Å². The first-order valence-electron chi connectivity index (χ1n) is 10.3. The second kappa shape index (κ2) is 11.0. The van der Waals surface area contributed by atoms with Gasteiger partial charge in [-0.2, -0.15) is 0 Å². The summed E-state index contributed by atoms with van der Waals surface area (Å²) in [5, 5.41) is 5.41. The smallest absolute Gasteiger partial charge is 0.312 e. The third kappa shape index (κ3) is 7.33. The van der Waals surface area contributed by atoms with Gasteiger partial charge in [0.25, 0.3) is 5.91 Å². The van der Waals surface area contributed by atoms with Gasteiger partial charge in [0.15, 0.2) is 6.61 Å². The topological polar surface area (TPSA) is 120 Å². The Bertz CT molecular complexity index is 897. The van der Waals surface area contributed by atoms with Gasteiger partial charge in [-0.1, -0.05) is 43.2 Å². The highest BCUT2D eigenvalue weighted by molar-refractivity contribution is 5.81. The van der Waals surface area contributed by atoms with Crippen LogP contribution in [0.1, 0.15) is 43.7 Å². The van der Waals surface area contributed by atoms with Crippen LogP contribution in [0.4, 0.5) is 4.79 Å². The van der Waals surface area contributed by atoms with Gasteiger partial charge in [-0.15, -0.1) is 0 Å². The number of esters is 1. The number of rotatable bonds is 9. The lowest BCUT2D eigenvalue weighted by Crippen LogP contribution is -2.37. The van der Waals surface area contributed by atoms with Crippen LogP contribution < -0.4 is 21.1 Å². The minimum absolute atomic E-state index is 0.155. The fourth-order valence-electron chi connectivity index (χ4n) is 3.55. The van der Waals surface area contributed by atoms with Gasteiger partial charge in [0.2, 0.25) is 0 Å². The monoisotopic (exact) mass is 425 g/mol. The number of urea groups is 1. The molecule has 1 aliphatic rings. The van der Waals surface area contributed by atoms with E-state index in [4.69, 9.17) is 15.2 Å². The minimum atomic E-state index is -0.772. The maximum absolute atomic E-state index is 12.3. The van der Waals surface area contributed by atoms with Crippen LogP contribution in [-0.4, -0.2) is 30.6 Å². The molecule has 2 aromatic rings. The molecule has 1 aliphatic carbocycles. The van der Waals surface area contributed by atoms with Crippen molar-refractivity contribution >= 4 is 17.9 Å². The van der Waals surface area contributed by atoms with Crippen molar-refractivity contribution in [1.82, 2.24) is 10.6 Å². The highest BCUT2D eigenvalue weighted by atomic mass is 16.5. The van der Waals surface area contributed by atoms with E-state index in [2.05, 4.69) is 10.6 Å². The van der Waals surface area contributed by atoms with Gasteiger partial charge in [0.1, 0.15) is 11.5 Å². The summed E-state index contributed by atoms with van der Waals surface area (Å²) in [4.78, 5) is 35.7. The molecule has 3 amide bonds. The lowest BCUT2D eigenvalue weighted by Gasteiger charge is -2.18. The van der Waals surface area contributed by atoms with Gasteiger partial charge in [-0.3, -0.25) is 9.59 Å². The Morgan fingerprint density at radius 1 is 1.00 bits per heavy atom. The average Bonchev–Trinajstić information content (AvgIpc) is 3.25. The van der Waals surface area contributed by atoms with Crippen LogP contribution >= 0.6 is 0 Å². The van der Waals surface area contributed by atoms with Crippen molar-refractivity contribution in [2.45, 2.75) is 44.2 Å². The van der Waals surface area contributed by atoms with Crippen molar-refractivity contribution < 1.29 is 23.9 Å². The summed E-state index contributed by atoms with van der Waals surface area (Å²) >= 11 is 0. The molecule has 8 nitrogen and oxygen atoms in total. The third-order valence-corrected chi connectivity index (χ3v) is 5.01. The fourth-order valence-corrected chi connectivity index (χ4v) is 3.55. The normalized spacial score (nSPS) is 14.5. The van der Waals surface area contributed by atoms with E-state index in [9.17, 15) is 14.4 Å². The number of nitrogens with two attached hydrogens (primary N) is 1. The van der Waals surface area contributed by atoms with Crippen molar-refractivity contribution in [2.75, 3.05) is 6.61 Å². The number of carbonyl (C=O) groups is 3. The number of carbonyl (C=O) groups excluding carboxylic acids is 3. The molecule has 0 unspecified atom stereocenters. The average molecular weight is 425 g/mol. The van der Waals surface area contributed by atoms with Gasteiger partial charge < -0.3 is 25.8 Å². The molecule has 0 saturated heterocycles. The Morgan fingerprint density at radius 2 is 1.71 bits per heavy atom. The summed E-state index contributed by atoms with van der Waals surface area (Å²) in [7, 11) is 0. The third-order valence-electron chi connectivity index (χ3n) is 5.01. The van der Waals surface area contributed by atoms with E-state index in [0.717, 1.165) is 25.7 Å². The molecule has 0 radical (unpaired) electrons. The number of para-hydroxylation sites is 1. The Balaban J connectivity index is 1.59. The summed E-state index contributed by atoms with van der Waals surface area (Å²) in [6.07, 6.45) is 3.92. The predicted molar refractivity (Wildman–Crippen MR) is 114 cm³/mol. The minimum Gasteiger partial charge on any atom is -0.457 e. The zero-order chi connectivity index (χ0) is 22.1. The molecule has 8 heteroatoms. The zero-order valence-corrected chi connectivity index (χ0v) is 17.2. The molecule has 1 atom stereocenters. The Morgan fingerprint density at radius 3 is 2.42 bits per heavy atom. The molecule has 4 N–H and O–H groups in total. The molecule has 0 bridgehead atoms. The van der Waals surface area contributed by atoms with E-state index in [1.54, 1.807) is 24.3 Å². The van der Waals surface area contributed by atoms with E-state index < -0.39 is 18.0 Å². The van der Waals surface area contributed by atoms with Crippen LogP contribution in [0.15, 0.2) is 54.6 Å². The molecular weight excluding hydrogens is 398 g/mol. The maximum Gasteiger partial charge on any atom is 0.312 e. The molecule has 2 aromatic carbocycles. The van der Waals surface area contributed by atoms with Crippen molar-refractivity contribution in [2.24, 2.45) is 5.73 Å². The molecule has 164 valence electrons. The predicted octanol–water partition coefficient (Wildman–Crippen LogP) is 3.18. The molecule has 0 aromatic heterocycles. The van der Waals surface area contributed by atoms with Crippen molar-refractivity contribution in [3.63, 3.8) is 0 Å². The van der Waals surface area contributed by atoms with Crippen LogP contribution in [0, 0.1) is 0 Å². The zero-order valence-electron chi connectivity index (χ0n) is 17.2. The number of benzene rings is 2. The van der Waals surface area contributed by atoms with E-state index in [-0.39, 0.29) is 25.0 Å². The molecular formula is C23H27N3O5. The first-order chi connectivity index (χ1) is 15.0. The van der Waals surface area contributed by atoms with Gasteiger partial charge in [-0.25, -0.2) is 4.79 Å². The number of hydrogen-bond acceptors (Lipinski definition) is 5. The number of hydrogen-bond donors (Lipinski definition) is 3. The Hall–Kier alpha value is -3.55. The molecule has 31 heavy (non-hydrogen) atoms. The molecule has 3 rings (SSSR count). The maximum atomic E-state index is 12.3. The highest BCUT2D eigenvalue weighted by Gasteiger charge is 2.21. The number of nitrogens with one attached hydrogen (secondary N) is 2. The fraction of sp³-hybridized carbons (Fsp3) is 0.348. The number of ether oxygens (including phenoxy) is 2. The van der Waals surface area contributed by atoms with Crippen LogP contribution in [0.25, 0.3) is 0 Å². The van der Waals surface area contributed by atoms with Crippen LogP contribution in [0.2, 0.25) is 0 Å². The van der Waals surface area contributed by atoms with Crippen LogP contribution in [0.5, 0.6) is 11.5 Å². The Kier molecular flexibility index (Phi) is 7.86. The summed E-state index contributed by atoms with van der Waals surface area (Å²) < 4.78 is 10.9. The molecule has 0 heterocycles. The summed E-state index contributed by atoms with van der Waals surface area (Å²) in [6, 6.07) is 14.9. The standard InChI is InChI=1S/C23H27N3O5/c24-23(29)26-20(14-22(28)30-15-21(27)25-17-8-4-5-9-17)16-7-6-12-19(13-16)31-18-10-2-1-3-11-18/h1-3,6-7,10-13,17,20H,4-5,8-9,14-15H2,(H,25,27)(H3,24,26,29)/t20-/m1/s1. The number of primary amides is 1. The van der Waals surface area contributed by atoms with Crippen LogP contribution in [-0.2, 0) is 14.3 Å². The quantitative estimate of drug-likeness (QED) is 0.533. The summed E-state index contributed by atoms with van der Waals surface area (Å²) in [5.41, 5.74) is 5.91. The lowest BCUT2D eigenvalue weighted by atomic mass is 10.0. The number of amides is 3. The van der Waals surface area contributed by atoms with Crippen LogP contribution in [0.3, 0.4) is 0 Å². The first-order valence-corrected chi connectivity index (χ1v) is 10.3. The summed E-state index contributed by atoms with van der Waals surface area (Å²) in [6.45, 7) is -0.351. The lowest BCUT2D eigenvalue weighted by molar-refractivity contribution is -0.149. The SMILES string of the molecule is NC(=O)N[C@H](CC(=O)OCC(=O)NC1CCCC1)c1cccc(Oc2ccccc2)c1. The molecule has 0 spiro atoms. The van der Waals surface area contributed by atoms with E-state index in [1.807, 2.05) is 30.3 Å². The van der Waals surface area contributed by atoms with Crippen molar-refractivity contribution in [3.8, 4) is 11.5 Å². The first kappa shape index (κ1) is 22.1. The largest absolute Gasteiger partial charge is 0.457 e. The second-order valence-electron chi connectivity index (χ2n) is 7.46. The van der Waals surface area contributed by atoms with Gasteiger partial charge in [-0.05, 0) is 42.7 Å². The molecule has 0 aliphatic heterocycles. The summed E-state index contributed by atoms with van der Waals surface area (Å²) in [5.74, 6) is 0.267. The Labute approximate surface area is 181 Å². The second-order valence-corrected chi connectivity index (χ2v) is 7.46. The van der Waals surface area contributed by atoms with Crippen molar-refractivity contribution in [1.29, 1.82) is 0 Å². The van der Waals surface area contributed by atoms with Gasteiger partial charge in [0.05, 0.1) is 12.5 Å². The van der Waals surface area contributed by atoms with Crippen molar-refractivity contribution in [3.05, 3.63) is 60.2 Å². The van der Waals surface area contributed by atoms with E-state index in [1.165, 1.54) is 0 Å². The van der Waals surface area contributed by atoms with Gasteiger partial charge >= 0.3 is 12.0 Å².